The average Bonchev–Trinajstić information content (AvgIpc) is 2.87. The second-order valence-corrected chi connectivity index (χ2v) is 5.51. The Bertz CT molecular complexity index is 837. The molecule has 120 valence electrons. The molecule has 0 saturated heterocycles. The summed E-state index contributed by atoms with van der Waals surface area (Å²) in [5, 5.41) is 1.25. The van der Waals surface area contributed by atoms with Crippen molar-refractivity contribution in [2.45, 2.75) is 6.42 Å². The van der Waals surface area contributed by atoms with E-state index in [1.54, 1.807) is 14.2 Å². The Morgan fingerprint density at radius 3 is 2.43 bits per heavy atom. The van der Waals surface area contributed by atoms with E-state index in [0.717, 1.165) is 23.5 Å². The van der Waals surface area contributed by atoms with Crippen LogP contribution in [0.1, 0.15) is 5.56 Å². The van der Waals surface area contributed by atoms with Crippen LogP contribution >= 0.6 is 0 Å². The van der Waals surface area contributed by atoms with E-state index in [2.05, 4.69) is 41.9 Å². The molecule has 0 fully saturated rings. The number of aromatic nitrogens is 1. The lowest BCUT2D eigenvalue weighted by molar-refractivity contribution is 0.355. The van der Waals surface area contributed by atoms with Crippen molar-refractivity contribution >= 4 is 10.9 Å². The van der Waals surface area contributed by atoms with Gasteiger partial charge < -0.3 is 19.8 Å². The van der Waals surface area contributed by atoms with Crippen molar-refractivity contribution in [3.05, 3.63) is 48.0 Å². The van der Waals surface area contributed by atoms with Crippen molar-refractivity contribution < 1.29 is 9.47 Å². The fourth-order valence-electron chi connectivity index (χ4n) is 3.22. The maximum Gasteiger partial charge on any atom is 0.161 e. The number of hydrogen-bond acceptors (Lipinski definition) is 3. The summed E-state index contributed by atoms with van der Waals surface area (Å²) in [6, 6.07) is 14.5. The van der Waals surface area contributed by atoms with Crippen LogP contribution in [-0.4, -0.2) is 25.3 Å². The maximum atomic E-state index is 5.86. The normalized spacial score (nSPS) is 11.0. The zero-order chi connectivity index (χ0) is 16.4. The number of methoxy groups -OCH3 is 2. The lowest BCUT2D eigenvalue weighted by atomic mass is 10.0. The van der Waals surface area contributed by atoms with E-state index in [0.29, 0.717) is 6.54 Å². The summed E-state index contributed by atoms with van der Waals surface area (Å²) in [6.07, 6.45) is 0.838. The van der Waals surface area contributed by atoms with Gasteiger partial charge in [-0.15, -0.1) is 0 Å². The van der Waals surface area contributed by atoms with Crippen LogP contribution in [0.2, 0.25) is 0 Å². The molecule has 4 heteroatoms. The first-order valence-electron chi connectivity index (χ1n) is 7.70. The third-order valence-corrected chi connectivity index (χ3v) is 4.26. The molecule has 1 heterocycles. The highest BCUT2D eigenvalue weighted by Crippen LogP contribution is 2.37. The molecule has 3 aromatic rings. The number of aryl methyl sites for hydroxylation is 1. The first-order chi connectivity index (χ1) is 11.2. The molecule has 0 amide bonds. The number of para-hydroxylation sites is 1. The van der Waals surface area contributed by atoms with Gasteiger partial charge in [0.05, 0.1) is 19.9 Å². The molecule has 0 aliphatic heterocycles. The van der Waals surface area contributed by atoms with Gasteiger partial charge in [-0.2, -0.15) is 0 Å². The number of ether oxygens (including phenoxy) is 2. The predicted octanol–water partition coefficient (Wildman–Crippen LogP) is 3.36. The van der Waals surface area contributed by atoms with Gasteiger partial charge in [-0.05, 0) is 42.8 Å². The first kappa shape index (κ1) is 15.4. The maximum absolute atomic E-state index is 5.86. The van der Waals surface area contributed by atoms with Gasteiger partial charge in [0.2, 0.25) is 0 Å². The van der Waals surface area contributed by atoms with Crippen LogP contribution in [-0.2, 0) is 13.5 Å². The molecule has 2 aromatic carbocycles. The van der Waals surface area contributed by atoms with Crippen molar-refractivity contribution in [3.8, 4) is 22.8 Å². The van der Waals surface area contributed by atoms with Gasteiger partial charge in [0, 0.05) is 23.5 Å². The van der Waals surface area contributed by atoms with Crippen molar-refractivity contribution in [3.63, 3.8) is 0 Å². The lowest BCUT2D eigenvalue weighted by Gasteiger charge is -2.12. The molecular formula is C19H22N2O2. The molecule has 1 aromatic heterocycles. The molecule has 23 heavy (non-hydrogen) atoms. The van der Waals surface area contributed by atoms with Gasteiger partial charge >= 0.3 is 0 Å². The summed E-state index contributed by atoms with van der Waals surface area (Å²) in [5.74, 6) is 1.46. The van der Waals surface area contributed by atoms with Crippen LogP contribution in [0.15, 0.2) is 42.5 Å². The number of hydrogen-bond donors (Lipinski definition) is 1. The molecule has 0 radical (unpaired) electrons. The Morgan fingerprint density at radius 1 is 1.00 bits per heavy atom. The minimum absolute atomic E-state index is 0.619. The molecule has 0 saturated carbocycles. The predicted molar refractivity (Wildman–Crippen MR) is 94.2 cm³/mol. The Kier molecular flexibility index (Phi) is 4.26. The summed E-state index contributed by atoms with van der Waals surface area (Å²) in [5.41, 5.74) is 10.6. The molecular weight excluding hydrogens is 288 g/mol. The van der Waals surface area contributed by atoms with Gasteiger partial charge in [0.15, 0.2) is 11.5 Å². The van der Waals surface area contributed by atoms with Crippen LogP contribution in [0.4, 0.5) is 0 Å². The minimum atomic E-state index is 0.619. The molecule has 4 nitrogen and oxygen atoms in total. The second-order valence-electron chi connectivity index (χ2n) is 5.51. The number of fused-ring (bicyclic) bond motifs is 1. The number of nitrogens with two attached hydrogens (primary N) is 1. The molecule has 0 atom stereocenters. The highest BCUT2D eigenvalue weighted by Gasteiger charge is 2.17. The Balaban J connectivity index is 2.27. The second kappa shape index (κ2) is 6.34. The number of rotatable bonds is 5. The fourth-order valence-corrected chi connectivity index (χ4v) is 3.22. The van der Waals surface area contributed by atoms with Gasteiger partial charge in [-0.1, -0.05) is 18.2 Å². The summed E-state index contributed by atoms with van der Waals surface area (Å²) in [7, 11) is 5.40. The molecule has 0 aliphatic rings. The van der Waals surface area contributed by atoms with E-state index in [-0.39, 0.29) is 0 Å². The standard InChI is InChI=1S/C19H22N2O2/c1-21-16-7-5-4-6-14(16)15(10-11-20)19(21)13-8-9-17(22-2)18(12-13)23-3/h4-9,12H,10-11,20H2,1-3H3. The van der Waals surface area contributed by atoms with E-state index in [9.17, 15) is 0 Å². The van der Waals surface area contributed by atoms with E-state index in [4.69, 9.17) is 15.2 Å². The van der Waals surface area contributed by atoms with Crippen LogP contribution < -0.4 is 15.2 Å². The Hall–Kier alpha value is -2.46. The van der Waals surface area contributed by atoms with Gasteiger partial charge in [-0.25, -0.2) is 0 Å². The van der Waals surface area contributed by atoms with Crippen LogP contribution in [0.5, 0.6) is 11.5 Å². The average molecular weight is 310 g/mol. The Labute approximate surface area is 136 Å². The van der Waals surface area contributed by atoms with Crippen LogP contribution in [0.25, 0.3) is 22.2 Å². The highest BCUT2D eigenvalue weighted by molar-refractivity contribution is 5.92. The number of benzene rings is 2. The summed E-state index contributed by atoms with van der Waals surface area (Å²) in [4.78, 5) is 0. The number of nitrogens with zero attached hydrogens (tertiary/aromatic N) is 1. The zero-order valence-electron chi connectivity index (χ0n) is 13.8. The zero-order valence-corrected chi connectivity index (χ0v) is 13.8. The minimum Gasteiger partial charge on any atom is -0.493 e. The van der Waals surface area contributed by atoms with Crippen LogP contribution in [0, 0.1) is 0 Å². The molecule has 0 unspecified atom stereocenters. The largest absolute Gasteiger partial charge is 0.493 e. The van der Waals surface area contributed by atoms with E-state index in [1.807, 2.05) is 12.1 Å². The van der Waals surface area contributed by atoms with Crippen molar-refractivity contribution in [1.82, 2.24) is 4.57 Å². The van der Waals surface area contributed by atoms with Crippen LogP contribution in [0.3, 0.4) is 0 Å². The molecule has 2 N–H and O–H groups in total. The monoisotopic (exact) mass is 310 g/mol. The summed E-state index contributed by atoms with van der Waals surface area (Å²) < 4.78 is 13.0. The van der Waals surface area contributed by atoms with Crippen molar-refractivity contribution in [1.29, 1.82) is 0 Å². The third kappa shape index (κ3) is 2.55. The lowest BCUT2D eigenvalue weighted by Crippen LogP contribution is -2.04. The van der Waals surface area contributed by atoms with E-state index < -0.39 is 0 Å². The van der Waals surface area contributed by atoms with E-state index >= 15 is 0 Å². The van der Waals surface area contributed by atoms with E-state index in [1.165, 1.54) is 22.2 Å². The van der Waals surface area contributed by atoms with Gasteiger partial charge in [0.1, 0.15) is 0 Å². The molecule has 0 aliphatic carbocycles. The van der Waals surface area contributed by atoms with Crippen molar-refractivity contribution in [2.24, 2.45) is 12.8 Å². The SMILES string of the molecule is COc1ccc(-c2c(CCN)c3ccccc3n2C)cc1OC. The quantitative estimate of drug-likeness (QED) is 0.786. The summed E-state index contributed by atoms with van der Waals surface area (Å²) >= 11 is 0. The smallest absolute Gasteiger partial charge is 0.161 e. The van der Waals surface area contributed by atoms with Crippen molar-refractivity contribution in [2.75, 3.05) is 20.8 Å². The molecule has 0 bridgehead atoms. The highest BCUT2D eigenvalue weighted by atomic mass is 16.5. The van der Waals surface area contributed by atoms with Gasteiger partial charge in [-0.3, -0.25) is 0 Å². The first-order valence-corrected chi connectivity index (χ1v) is 7.70. The van der Waals surface area contributed by atoms with Gasteiger partial charge in [0.25, 0.3) is 0 Å². The topological polar surface area (TPSA) is 49.4 Å². The molecule has 3 rings (SSSR count). The third-order valence-electron chi connectivity index (χ3n) is 4.26. The summed E-state index contributed by atoms with van der Waals surface area (Å²) in [6.45, 7) is 0.619. The Morgan fingerprint density at radius 2 is 1.74 bits per heavy atom. The molecule has 0 spiro atoms. The fraction of sp³-hybridized carbons (Fsp3) is 0.263.